The van der Waals surface area contributed by atoms with Gasteiger partial charge in [-0.15, -0.1) is 12.4 Å². The Balaban J connectivity index is 0.00000306. The van der Waals surface area contributed by atoms with Gasteiger partial charge in [-0.2, -0.15) is 0 Å². The minimum Gasteiger partial charge on any atom is -0.300 e. The lowest BCUT2D eigenvalue weighted by molar-refractivity contribution is 0.188. The summed E-state index contributed by atoms with van der Waals surface area (Å²) in [6, 6.07) is 18.7. The van der Waals surface area contributed by atoms with E-state index in [1.54, 1.807) is 5.56 Å². The standard InChI is InChI=1S/C28H39NO2S.ClH/c1-2-19-32(30,31)20-9-6-12-24-13-14-25-15-16-28(29-17-7-8-18-29)27(26(25)21-24)22-23-10-4-3-5-11-23;/h3-5,10-11,13-14,21,27-28H,2,6-9,12,15-20,22H2,1H3;1H. The zero-order chi connectivity index (χ0) is 22.4. The number of rotatable bonds is 10. The highest BCUT2D eigenvalue weighted by Crippen LogP contribution is 2.39. The molecule has 182 valence electrons. The number of benzene rings is 2. The zero-order valence-corrected chi connectivity index (χ0v) is 21.7. The zero-order valence-electron chi connectivity index (χ0n) is 20.0. The van der Waals surface area contributed by atoms with E-state index >= 15 is 0 Å². The fourth-order valence-corrected chi connectivity index (χ4v) is 7.24. The van der Waals surface area contributed by atoms with Gasteiger partial charge < -0.3 is 0 Å². The smallest absolute Gasteiger partial charge is 0.150 e. The van der Waals surface area contributed by atoms with Gasteiger partial charge in [0.15, 0.2) is 0 Å². The van der Waals surface area contributed by atoms with Gasteiger partial charge >= 0.3 is 0 Å². The van der Waals surface area contributed by atoms with E-state index in [0.29, 0.717) is 29.9 Å². The van der Waals surface area contributed by atoms with Gasteiger partial charge in [-0.05, 0) is 93.1 Å². The van der Waals surface area contributed by atoms with Gasteiger partial charge in [0.05, 0.1) is 5.75 Å². The molecule has 0 amide bonds. The first-order chi connectivity index (χ1) is 15.6. The number of likely N-dealkylation sites (tertiary alicyclic amines) is 1. The summed E-state index contributed by atoms with van der Waals surface area (Å²) in [5.41, 5.74) is 5.88. The van der Waals surface area contributed by atoms with E-state index in [9.17, 15) is 8.42 Å². The van der Waals surface area contributed by atoms with Crippen LogP contribution in [0.25, 0.3) is 0 Å². The predicted molar refractivity (Wildman–Crippen MR) is 141 cm³/mol. The summed E-state index contributed by atoms with van der Waals surface area (Å²) in [7, 11) is -2.87. The monoisotopic (exact) mass is 489 g/mol. The molecule has 0 aromatic heterocycles. The number of hydrogen-bond donors (Lipinski definition) is 0. The lowest BCUT2D eigenvalue weighted by Crippen LogP contribution is -2.41. The number of sulfone groups is 1. The van der Waals surface area contributed by atoms with Crippen molar-refractivity contribution in [3.8, 4) is 0 Å². The molecule has 1 aliphatic carbocycles. The fraction of sp³-hybridized carbons (Fsp3) is 0.571. The van der Waals surface area contributed by atoms with Crippen molar-refractivity contribution in [1.29, 1.82) is 0 Å². The molecule has 3 nitrogen and oxygen atoms in total. The Morgan fingerprint density at radius 1 is 0.939 bits per heavy atom. The molecule has 1 heterocycles. The van der Waals surface area contributed by atoms with E-state index in [1.807, 2.05) is 6.92 Å². The van der Waals surface area contributed by atoms with Gasteiger partial charge in [-0.25, -0.2) is 8.42 Å². The summed E-state index contributed by atoms with van der Waals surface area (Å²) >= 11 is 0. The molecular weight excluding hydrogens is 450 g/mol. The molecule has 0 bridgehead atoms. The average molecular weight is 490 g/mol. The average Bonchev–Trinajstić information content (AvgIpc) is 3.32. The molecule has 1 aliphatic heterocycles. The molecule has 0 radical (unpaired) electrons. The minimum atomic E-state index is -2.87. The largest absolute Gasteiger partial charge is 0.300 e. The van der Waals surface area contributed by atoms with Gasteiger partial charge in [-0.1, -0.05) is 55.5 Å². The Bertz CT molecular complexity index is 971. The highest BCUT2D eigenvalue weighted by molar-refractivity contribution is 7.91. The number of fused-ring (bicyclic) bond motifs is 1. The lowest BCUT2D eigenvalue weighted by Gasteiger charge is -2.40. The normalized spacial score (nSPS) is 20.9. The molecular formula is C28H40ClNO2S. The van der Waals surface area contributed by atoms with Crippen molar-refractivity contribution in [3.63, 3.8) is 0 Å². The summed E-state index contributed by atoms with van der Waals surface area (Å²) in [5, 5.41) is 0. The SMILES string of the molecule is CCCS(=O)(=O)CCCCc1ccc2c(c1)C(Cc1ccccc1)C(N1CCCC1)CC2.Cl. The van der Waals surface area contributed by atoms with Crippen LogP contribution in [0.15, 0.2) is 48.5 Å². The van der Waals surface area contributed by atoms with E-state index in [-0.39, 0.29) is 12.4 Å². The minimum absolute atomic E-state index is 0. The van der Waals surface area contributed by atoms with Crippen molar-refractivity contribution in [2.24, 2.45) is 0 Å². The summed E-state index contributed by atoms with van der Waals surface area (Å²) < 4.78 is 24.0. The maximum atomic E-state index is 12.0. The number of aryl methyl sites for hydroxylation is 2. The first kappa shape index (κ1) is 26.2. The molecule has 0 N–H and O–H groups in total. The van der Waals surface area contributed by atoms with Crippen molar-refractivity contribution in [1.82, 2.24) is 4.90 Å². The van der Waals surface area contributed by atoms with Crippen LogP contribution in [0.4, 0.5) is 0 Å². The summed E-state index contributed by atoms with van der Waals surface area (Å²) in [5.74, 6) is 1.20. The van der Waals surface area contributed by atoms with E-state index in [0.717, 1.165) is 25.7 Å². The quantitative estimate of drug-likeness (QED) is 0.384. The molecule has 1 fully saturated rings. The lowest BCUT2D eigenvalue weighted by atomic mass is 9.75. The molecule has 5 heteroatoms. The van der Waals surface area contributed by atoms with E-state index in [1.165, 1.54) is 55.5 Å². The van der Waals surface area contributed by atoms with E-state index < -0.39 is 9.84 Å². The predicted octanol–water partition coefficient (Wildman–Crippen LogP) is 5.99. The summed E-state index contributed by atoms with van der Waals surface area (Å²) in [6.45, 7) is 4.43. The molecule has 2 aliphatic rings. The topological polar surface area (TPSA) is 37.4 Å². The molecule has 2 aromatic rings. The van der Waals surface area contributed by atoms with Crippen LogP contribution >= 0.6 is 12.4 Å². The van der Waals surface area contributed by atoms with Crippen LogP contribution in [0.2, 0.25) is 0 Å². The van der Waals surface area contributed by atoms with Crippen LogP contribution in [-0.4, -0.2) is 44.0 Å². The molecule has 2 unspecified atom stereocenters. The summed E-state index contributed by atoms with van der Waals surface area (Å²) in [6.07, 6.45) is 9.62. The molecule has 0 saturated carbocycles. The van der Waals surface area contributed by atoms with Gasteiger partial charge in [-0.3, -0.25) is 4.90 Å². The molecule has 1 saturated heterocycles. The molecule has 2 atom stereocenters. The number of nitrogens with zero attached hydrogens (tertiary/aromatic N) is 1. The third-order valence-electron chi connectivity index (χ3n) is 7.38. The van der Waals surface area contributed by atoms with Gasteiger partial charge in [0.1, 0.15) is 9.84 Å². The van der Waals surface area contributed by atoms with Gasteiger partial charge in [0.25, 0.3) is 0 Å². The Hall–Kier alpha value is -1.36. The van der Waals surface area contributed by atoms with Crippen LogP contribution in [0.5, 0.6) is 0 Å². The molecule has 33 heavy (non-hydrogen) atoms. The van der Waals surface area contributed by atoms with Gasteiger partial charge in [0.2, 0.25) is 0 Å². The first-order valence-corrected chi connectivity index (χ1v) is 14.5. The van der Waals surface area contributed by atoms with Crippen LogP contribution < -0.4 is 0 Å². The van der Waals surface area contributed by atoms with E-state index in [4.69, 9.17) is 0 Å². The van der Waals surface area contributed by atoms with Crippen molar-refractivity contribution >= 4 is 22.2 Å². The number of unbranched alkanes of at least 4 members (excludes halogenated alkanes) is 1. The molecule has 0 spiro atoms. The Morgan fingerprint density at radius 3 is 2.42 bits per heavy atom. The van der Waals surface area contributed by atoms with Crippen LogP contribution in [0.3, 0.4) is 0 Å². The van der Waals surface area contributed by atoms with Crippen LogP contribution in [0, 0.1) is 0 Å². The highest BCUT2D eigenvalue weighted by Gasteiger charge is 2.34. The Morgan fingerprint density at radius 2 is 1.70 bits per heavy atom. The summed E-state index contributed by atoms with van der Waals surface area (Å²) in [4.78, 5) is 2.75. The third-order valence-corrected chi connectivity index (χ3v) is 9.32. The van der Waals surface area contributed by atoms with Gasteiger partial charge in [0, 0.05) is 17.7 Å². The second kappa shape index (κ2) is 12.4. The first-order valence-electron chi connectivity index (χ1n) is 12.7. The number of hydrogen-bond acceptors (Lipinski definition) is 3. The molecule has 2 aromatic carbocycles. The Kier molecular flexibility index (Phi) is 9.84. The van der Waals surface area contributed by atoms with E-state index in [2.05, 4.69) is 53.4 Å². The number of halogens is 1. The maximum Gasteiger partial charge on any atom is 0.150 e. The van der Waals surface area contributed by atoms with Crippen LogP contribution in [0.1, 0.15) is 73.6 Å². The second-order valence-electron chi connectivity index (χ2n) is 9.79. The van der Waals surface area contributed by atoms with Crippen LogP contribution in [-0.2, 0) is 29.1 Å². The Labute approximate surface area is 207 Å². The van der Waals surface area contributed by atoms with Crippen molar-refractivity contribution in [2.45, 2.75) is 76.7 Å². The highest BCUT2D eigenvalue weighted by atomic mass is 35.5. The third kappa shape index (κ3) is 7.07. The maximum absolute atomic E-state index is 12.0. The van der Waals surface area contributed by atoms with Crippen molar-refractivity contribution in [2.75, 3.05) is 24.6 Å². The van der Waals surface area contributed by atoms with Crippen molar-refractivity contribution in [3.05, 3.63) is 70.8 Å². The fourth-order valence-electron chi connectivity index (χ4n) is 5.77. The second-order valence-corrected chi connectivity index (χ2v) is 12.1. The molecule has 4 rings (SSSR count). The van der Waals surface area contributed by atoms with Crippen molar-refractivity contribution < 1.29 is 8.42 Å².